The zero-order valence-electron chi connectivity index (χ0n) is 14.8. The lowest BCUT2D eigenvalue weighted by Gasteiger charge is -2.35. The number of nitrogens with one attached hydrogen (secondary N) is 1. The summed E-state index contributed by atoms with van der Waals surface area (Å²) in [5.74, 6) is 0.231. The first-order valence-corrected chi connectivity index (χ1v) is 9.91. The number of hydrogen-bond acceptors (Lipinski definition) is 6. The fourth-order valence-corrected chi connectivity index (χ4v) is 4.01. The van der Waals surface area contributed by atoms with Gasteiger partial charge in [0.15, 0.2) is 0 Å². The highest BCUT2D eigenvalue weighted by Gasteiger charge is 2.24. The van der Waals surface area contributed by atoms with Gasteiger partial charge in [-0.2, -0.15) is 0 Å². The van der Waals surface area contributed by atoms with E-state index in [1.54, 1.807) is 18.3 Å². The average molecular weight is 366 g/mol. The maximum Gasteiger partial charge on any atom is 0.234 e. The van der Waals surface area contributed by atoms with Crippen molar-refractivity contribution in [3.8, 4) is 0 Å². The second-order valence-electron chi connectivity index (χ2n) is 6.88. The molecule has 3 rings (SSSR count). The van der Waals surface area contributed by atoms with Crippen LogP contribution < -0.4 is 5.32 Å². The molecule has 1 aromatic heterocycles. The summed E-state index contributed by atoms with van der Waals surface area (Å²) in [5, 5.41) is 5.23. The highest BCUT2D eigenvalue weighted by atomic mass is 32.1. The molecule has 2 aliphatic heterocycles. The van der Waals surface area contributed by atoms with E-state index in [0.717, 1.165) is 64.3 Å². The first-order valence-electron chi connectivity index (χ1n) is 8.97. The van der Waals surface area contributed by atoms with Gasteiger partial charge in [0.2, 0.25) is 11.8 Å². The SMILES string of the molecule is CC(=O)N1CCC(NC(=O)CN2CCN(Cc3cscn3)CC2)CC1. The van der Waals surface area contributed by atoms with Crippen LogP contribution in [0.4, 0.5) is 0 Å². The summed E-state index contributed by atoms with van der Waals surface area (Å²) >= 11 is 1.63. The summed E-state index contributed by atoms with van der Waals surface area (Å²) in [4.78, 5) is 34.4. The average Bonchev–Trinajstić information content (AvgIpc) is 3.10. The zero-order chi connectivity index (χ0) is 17.6. The normalized spacial score (nSPS) is 20.6. The summed E-state index contributed by atoms with van der Waals surface area (Å²) in [7, 11) is 0. The van der Waals surface area contributed by atoms with E-state index in [1.807, 2.05) is 10.4 Å². The number of aromatic nitrogens is 1. The van der Waals surface area contributed by atoms with Gasteiger partial charge >= 0.3 is 0 Å². The first kappa shape index (κ1) is 18.3. The van der Waals surface area contributed by atoms with Crippen LogP contribution in [0.25, 0.3) is 0 Å². The van der Waals surface area contributed by atoms with E-state index in [0.29, 0.717) is 6.54 Å². The Balaban J connectivity index is 1.33. The van der Waals surface area contributed by atoms with Crippen molar-refractivity contribution in [1.29, 1.82) is 0 Å². The predicted molar refractivity (Wildman–Crippen MR) is 97.2 cm³/mol. The fraction of sp³-hybridized carbons (Fsp3) is 0.706. The highest BCUT2D eigenvalue weighted by molar-refractivity contribution is 7.07. The lowest BCUT2D eigenvalue weighted by molar-refractivity contribution is -0.130. The number of piperidine rings is 1. The van der Waals surface area contributed by atoms with Gasteiger partial charge in [0.05, 0.1) is 17.7 Å². The van der Waals surface area contributed by atoms with E-state index >= 15 is 0 Å². The molecule has 0 atom stereocenters. The van der Waals surface area contributed by atoms with Gasteiger partial charge in [-0.1, -0.05) is 0 Å². The van der Waals surface area contributed by atoms with Gasteiger partial charge in [0.25, 0.3) is 0 Å². The van der Waals surface area contributed by atoms with Gasteiger partial charge in [-0.25, -0.2) is 4.98 Å². The third kappa shape index (κ3) is 5.49. The molecule has 3 heterocycles. The Kier molecular flexibility index (Phi) is 6.39. The number of carbonyl (C=O) groups is 2. The van der Waals surface area contributed by atoms with Crippen LogP contribution in [0, 0.1) is 0 Å². The molecule has 138 valence electrons. The molecule has 1 N–H and O–H groups in total. The Morgan fingerprint density at radius 2 is 1.84 bits per heavy atom. The maximum atomic E-state index is 12.3. The number of hydrogen-bond donors (Lipinski definition) is 1. The number of amides is 2. The number of rotatable bonds is 5. The van der Waals surface area contributed by atoms with Crippen molar-refractivity contribution in [1.82, 2.24) is 25.0 Å². The molecule has 0 saturated carbocycles. The predicted octanol–water partition coefficient (Wildman–Crippen LogP) is 0.388. The molecule has 8 heteroatoms. The van der Waals surface area contributed by atoms with Crippen LogP contribution >= 0.6 is 11.3 Å². The number of piperazine rings is 1. The minimum Gasteiger partial charge on any atom is -0.352 e. The number of likely N-dealkylation sites (tertiary alicyclic amines) is 1. The van der Waals surface area contributed by atoms with Crippen molar-refractivity contribution in [3.63, 3.8) is 0 Å². The van der Waals surface area contributed by atoms with Crippen molar-refractivity contribution in [3.05, 3.63) is 16.6 Å². The summed E-state index contributed by atoms with van der Waals surface area (Å²) in [6.45, 7) is 8.25. The highest BCUT2D eigenvalue weighted by Crippen LogP contribution is 2.11. The quantitative estimate of drug-likeness (QED) is 0.817. The second kappa shape index (κ2) is 8.73. The molecular weight excluding hydrogens is 338 g/mol. The Hall–Kier alpha value is -1.51. The van der Waals surface area contributed by atoms with Crippen molar-refractivity contribution in [2.75, 3.05) is 45.8 Å². The minimum absolute atomic E-state index is 0.106. The van der Waals surface area contributed by atoms with Gasteiger partial charge < -0.3 is 10.2 Å². The zero-order valence-corrected chi connectivity index (χ0v) is 15.6. The molecule has 0 bridgehead atoms. The Morgan fingerprint density at radius 1 is 1.16 bits per heavy atom. The molecule has 7 nitrogen and oxygen atoms in total. The number of carbonyl (C=O) groups excluding carboxylic acids is 2. The van der Waals surface area contributed by atoms with Gasteiger partial charge in [-0.05, 0) is 12.8 Å². The largest absolute Gasteiger partial charge is 0.352 e. The van der Waals surface area contributed by atoms with E-state index < -0.39 is 0 Å². The van der Waals surface area contributed by atoms with Crippen LogP contribution in [0.3, 0.4) is 0 Å². The summed E-state index contributed by atoms with van der Waals surface area (Å²) in [6, 6.07) is 0.203. The van der Waals surface area contributed by atoms with Gasteiger partial charge in [0.1, 0.15) is 0 Å². The monoisotopic (exact) mass is 365 g/mol. The number of thiazole rings is 1. The molecule has 2 amide bonds. The molecular formula is C17H27N5O2S. The fourth-order valence-electron chi connectivity index (χ4n) is 3.47. The molecule has 1 aromatic rings. The van der Waals surface area contributed by atoms with Crippen LogP contribution in [-0.4, -0.2) is 83.4 Å². The smallest absolute Gasteiger partial charge is 0.234 e. The maximum absolute atomic E-state index is 12.3. The number of nitrogens with zero attached hydrogens (tertiary/aromatic N) is 4. The lowest BCUT2D eigenvalue weighted by Crippen LogP contribution is -2.51. The Bertz CT molecular complexity index is 564. The molecule has 25 heavy (non-hydrogen) atoms. The molecule has 0 aliphatic carbocycles. The standard InChI is InChI=1S/C17H27N5O2S/c1-14(23)22-4-2-15(3-5-22)19-17(24)11-21-8-6-20(7-9-21)10-16-12-25-13-18-16/h12-13,15H,2-11H2,1H3,(H,19,24). The molecule has 0 aromatic carbocycles. The van der Waals surface area contributed by atoms with Crippen LogP contribution in [0.2, 0.25) is 0 Å². The topological polar surface area (TPSA) is 68.8 Å². The second-order valence-corrected chi connectivity index (χ2v) is 7.60. The molecule has 0 spiro atoms. The van der Waals surface area contributed by atoms with E-state index in [9.17, 15) is 9.59 Å². The van der Waals surface area contributed by atoms with Gasteiger partial charge in [0, 0.05) is 64.2 Å². The first-order chi connectivity index (χ1) is 12.1. The summed E-state index contributed by atoms with van der Waals surface area (Å²) < 4.78 is 0. The summed E-state index contributed by atoms with van der Waals surface area (Å²) in [5.41, 5.74) is 3.00. The summed E-state index contributed by atoms with van der Waals surface area (Å²) in [6.07, 6.45) is 1.71. The molecule has 0 unspecified atom stereocenters. The van der Waals surface area contributed by atoms with Crippen molar-refractivity contribution < 1.29 is 9.59 Å². The lowest BCUT2D eigenvalue weighted by atomic mass is 10.1. The van der Waals surface area contributed by atoms with Gasteiger partial charge in [-0.3, -0.25) is 19.4 Å². The van der Waals surface area contributed by atoms with Crippen LogP contribution in [0.1, 0.15) is 25.5 Å². The molecule has 2 saturated heterocycles. The van der Waals surface area contributed by atoms with E-state index in [1.165, 1.54) is 0 Å². The van der Waals surface area contributed by atoms with Gasteiger partial charge in [-0.15, -0.1) is 11.3 Å². The van der Waals surface area contributed by atoms with Crippen molar-refractivity contribution >= 4 is 23.2 Å². The van der Waals surface area contributed by atoms with Crippen molar-refractivity contribution in [2.24, 2.45) is 0 Å². The third-order valence-electron chi connectivity index (χ3n) is 5.01. The minimum atomic E-state index is 0.106. The molecule has 2 aliphatic rings. The molecule has 2 fully saturated rings. The van der Waals surface area contributed by atoms with E-state index in [4.69, 9.17) is 0 Å². The van der Waals surface area contributed by atoms with Crippen LogP contribution in [0.15, 0.2) is 10.9 Å². The van der Waals surface area contributed by atoms with Crippen LogP contribution in [-0.2, 0) is 16.1 Å². The van der Waals surface area contributed by atoms with Crippen molar-refractivity contribution in [2.45, 2.75) is 32.4 Å². The Morgan fingerprint density at radius 3 is 2.44 bits per heavy atom. The molecule has 0 radical (unpaired) electrons. The third-order valence-corrected chi connectivity index (χ3v) is 5.64. The van der Waals surface area contributed by atoms with E-state index in [2.05, 4.69) is 25.5 Å². The van der Waals surface area contributed by atoms with Crippen LogP contribution in [0.5, 0.6) is 0 Å². The van der Waals surface area contributed by atoms with E-state index in [-0.39, 0.29) is 17.9 Å². The Labute approximate surface area is 153 Å².